The predicted molar refractivity (Wildman–Crippen MR) is 303 cm³/mol. The highest BCUT2D eigenvalue weighted by Crippen LogP contribution is 2.44. The van der Waals surface area contributed by atoms with Crippen LogP contribution >= 0.6 is 0 Å². The van der Waals surface area contributed by atoms with Crippen LogP contribution in [-0.4, -0.2) is 0 Å². The van der Waals surface area contributed by atoms with Gasteiger partial charge in [0.1, 0.15) is 26.2 Å². The standard InChI is InChI=1S/C70H62N4/c1-5-9-25-37-71-47-59(55-29-17-13-18-30-55)41-63(51-71)67-45-69(65-43-61(57-33-21-15-22-34-57)49-73(53-65)39-27-11-7-3)70(66-44-62(58-35-23-16-24-36-58)50-74(54-66)40-28-12-8-4)46-68(67)64-42-60(56-31-19-14-20-32-56)48-72(52-64)38-26-10-6-2/h1-4,13-24,29-36,41-54H,9-12,25-28,37-40H2/q+4. The van der Waals surface area contributed by atoms with E-state index in [1.807, 2.05) is 0 Å². The summed E-state index contributed by atoms with van der Waals surface area (Å²) in [6.07, 6.45) is 47.8. The van der Waals surface area contributed by atoms with Crippen LogP contribution in [0.1, 0.15) is 51.4 Å². The van der Waals surface area contributed by atoms with Crippen LogP contribution in [0.4, 0.5) is 0 Å². The maximum Gasteiger partial charge on any atom is 0.176 e. The Labute approximate surface area is 439 Å². The Balaban J connectivity index is 1.41. The predicted octanol–water partition coefficient (Wildman–Crippen LogP) is 13.8. The Morgan fingerprint density at radius 1 is 0.243 bits per heavy atom. The summed E-state index contributed by atoms with van der Waals surface area (Å²) in [4.78, 5) is 0. The molecule has 0 N–H and O–H groups in total. The zero-order valence-electron chi connectivity index (χ0n) is 42.2. The normalized spacial score (nSPS) is 10.8. The smallest absolute Gasteiger partial charge is 0.176 e. The maximum absolute atomic E-state index is 5.84. The number of benzene rings is 5. The van der Waals surface area contributed by atoms with Gasteiger partial charge in [-0.05, 0) is 80.9 Å². The minimum Gasteiger partial charge on any atom is -0.204 e. The number of unbranched alkanes of at least 4 members (excludes halogenated alkanes) is 4. The van der Waals surface area contributed by atoms with Gasteiger partial charge in [0.25, 0.3) is 0 Å². The fourth-order valence-corrected chi connectivity index (χ4v) is 9.82. The maximum atomic E-state index is 5.84. The van der Waals surface area contributed by atoms with Gasteiger partial charge in [-0.25, -0.2) is 18.3 Å². The Hall–Kier alpha value is -9.06. The third-order valence-electron chi connectivity index (χ3n) is 13.5. The summed E-state index contributed by atoms with van der Waals surface area (Å²) in [6, 6.07) is 57.0. The first-order chi connectivity index (χ1) is 36.5. The van der Waals surface area contributed by atoms with Gasteiger partial charge in [-0.1, -0.05) is 121 Å². The van der Waals surface area contributed by atoms with Crippen molar-refractivity contribution in [2.75, 3.05) is 0 Å². The second-order valence-electron chi connectivity index (χ2n) is 18.8. The van der Waals surface area contributed by atoms with Gasteiger partial charge < -0.3 is 0 Å². The molecule has 0 aliphatic carbocycles. The van der Waals surface area contributed by atoms with Gasteiger partial charge in [0, 0.05) is 95.9 Å². The molecule has 4 heterocycles. The van der Waals surface area contributed by atoms with Crippen molar-refractivity contribution in [3.8, 4) is 138 Å². The average molecular weight is 959 g/mol. The number of hydrogen-bond acceptors (Lipinski definition) is 0. The molecule has 9 aromatic rings. The molecule has 5 aromatic carbocycles. The highest BCUT2D eigenvalue weighted by molar-refractivity contribution is 5.96. The first-order valence-corrected chi connectivity index (χ1v) is 25.8. The molecular weight excluding hydrogens is 897 g/mol. The Morgan fingerprint density at radius 3 is 0.649 bits per heavy atom. The molecule has 0 fully saturated rings. The molecule has 0 saturated carbocycles. The van der Waals surface area contributed by atoms with E-state index >= 15 is 0 Å². The molecule has 0 bridgehead atoms. The minimum atomic E-state index is 0.692. The summed E-state index contributed by atoms with van der Waals surface area (Å²) < 4.78 is 9.30. The lowest BCUT2D eigenvalue weighted by molar-refractivity contribution is -0.696. The fraction of sp³-hybridized carbons (Fsp3) is 0.171. The van der Waals surface area contributed by atoms with E-state index < -0.39 is 0 Å². The zero-order chi connectivity index (χ0) is 50.9. The van der Waals surface area contributed by atoms with Crippen molar-refractivity contribution in [2.24, 2.45) is 0 Å². The van der Waals surface area contributed by atoms with Crippen LogP contribution in [0.2, 0.25) is 0 Å². The number of terminal acetylenes is 4. The summed E-state index contributed by atoms with van der Waals surface area (Å²) in [6.45, 7) is 3.11. The molecule has 9 rings (SSSR count). The molecule has 0 atom stereocenters. The van der Waals surface area contributed by atoms with Gasteiger partial charge in [0.2, 0.25) is 0 Å². The van der Waals surface area contributed by atoms with Crippen LogP contribution in [0, 0.1) is 49.4 Å². The Morgan fingerprint density at radius 2 is 0.446 bits per heavy atom. The van der Waals surface area contributed by atoms with Crippen molar-refractivity contribution in [3.05, 3.63) is 207 Å². The lowest BCUT2D eigenvalue weighted by atomic mass is 9.85. The molecule has 74 heavy (non-hydrogen) atoms. The van der Waals surface area contributed by atoms with Crippen LogP contribution < -0.4 is 18.3 Å². The lowest BCUT2D eigenvalue weighted by Crippen LogP contribution is -2.34. The van der Waals surface area contributed by atoms with Crippen molar-refractivity contribution < 1.29 is 18.3 Å². The molecule has 0 saturated heterocycles. The molecule has 4 aromatic heterocycles. The molecule has 0 aliphatic rings. The summed E-state index contributed by atoms with van der Waals surface area (Å²) in [7, 11) is 0. The molecule has 0 radical (unpaired) electrons. The summed E-state index contributed by atoms with van der Waals surface area (Å²) in [5, 5.41) is 0. The SMILES string of the molecule is C#CCCC[n+]1cc(-c2ccccc2)cc(-c2cc(-c3cc(-c4ccccc4)c[n+](CCCC#C)c3)c(-c3cc(-c4ccccc4)c[n+](CCCC#C)c3)cc2-c2cc(-c3ccccc3)c[n+](CCCC#C)c2)c1. The van der Waals surface area contributed by atoms with E-state index in [0.717, 1.165) is 141 Å². The number of aromatic nitrogens is 4. The quantitative estimate of drug-likeness (QED) is 0.0411. The second-order valence-corrected chi connectivity index (χ2v) is 18.8. The molecule has 358 valence electrons. The molecule has 0 amide bonds. The largest absolute Gasteiger partial charge is 0.204 e. The third kappa shape index (κ3) is 12.5. The number of hydrogen-bond donors (Lipinski definition) is 0. The number of pyridine rings is 4. The summed E-state index contributed by atoms with van der Waals surface area (Å²) >= 11 is 0. The number of rotatable bonds is 20. The number of aryl methyl sites for hydroxylation is 4. The molecule has 0 aliphatic heterocycles. The first kappa shape index (κ1) is 49.9. The summed E-state index contributed by atoms with van der Waals surface area (Å²) in [5.41, 5.74) is 17.9. The van der Waals surface area contributed by atoms with Gasteiger partial charge in [-0.2, -0.15) is 0 Å². The fourth-order valence-electron chi connectivity index (χ4n) is 9.82. The molecule has 4 heteroatoms. The monoisotopic (exact) mass is 958 g/mol. The highest BCUT2D eigenvalue weighted by atomic mass is 14.9. The Kier molecular flexibility index (Phi) is 16.8. The van der Waals surface area contributed by atoms with Gasteiger partial charge in [-0.3, -0.25) is 0 Å². The highest BCUT2D eigenvalue weighted by Gasteiger charge is 2.25. The molecule has 0 unspecified atom stereocenters. The molecule has 4 nitrogen and oxygen atoms in total. The first-order valence-electron chi connectivity index (χ1n) is 25.8. The van der Waals surface area contributed by atoms with E-state index in [2.05, 4.69) is 249 Å². The van der Waals surface area contributed by atoms with Crippen LogP contribution in [0.3, 0.4) is 0 Å². The average Bonchev–Trinajstić information content (AvgIpc) is 3.46. The van der Waals surface area contributed by atoms with E-state index in [-0.39, 0.29) is 0 Å². The van der Waals surface area contributed by atoms with E-state index in [9.17, 15) is 0 Å². The van der Waals surface area contributed by atoms with Gasteiger partial charge in [-0.15, -0.1) is 49.4 Å². The summed E-state index contributed by atoms with van der Waals surface area (Å²) in [5.74, 6) is 11.5. The van der Waals surface area contributed by atoms with Crippen LogP contribution in [-0.2, 0) is 26.2 Å². The van der Waals surface area contributed by atoms with Crippen LogP contribution in [0.15, 0.2) is 207 Å². The van der Waals surface area contributed by atoms with Crippen LogP contribution in [0.25, 0.3) is 89.0 Å². The second kappa shape index (κ2) is 24.9. The molecule has 0 spiro atoms. The minimum absolute atomic E-state index is 0.692. The van der Waals surface area contributed by atoms with Crippen molar-refractivity contribution >= 4 is 0 Å². The number of nitrogens with zero attached hydrogens (tertiary/aromatic N) is 4. The zero-order valence-corrected chi connectivity index (χ0v) is 42.2. The van der Waals surface area contributed by atoms with E-state index in [1.54, 1.807) is 0 Å². The topological polar surface area (TPSA) is 15.5 Å². The van der Waals surface area contributed by atoms with Crippen molar-refractivity contribution in [3.63, 3.8) is 0 Å². The molecular formula is C70H62N4+4. The van der Waals surface area contributed by atoms with Gasteiger partial charge in [0.05, 0.1) is 0 Å². The van der Waals surface area contributed by atoms with Crippen molar-refractivity contribution in [1.29, 1.82) is 0 Å². The third-order valence-corrected chi connectivity index (χ3v) is 13.5. The van der Waals surface area contributed by atoms with E-state index in [0.29, 0.717) is 25.7 Å². The van der Waals surface area contributed by atoms with E-state index in [1.165, 1.54) is 0 Å². The Bertz CT molecular complexity index is 3060. The van der Waals surface area contributed by atoms with E-state index in [4.69, 9.17) is 25.7 Å². The van der Waals surface area contributed by atoms with Crippen molar-refractivity contribution in [2.45, 2.75) is 77.5 Å². The van der Waals surface area contributed by atoms with Gasteiger partial charge >= 0.3 is 0 Å². The lowest BCUT2D eigenvalue weighted by Gasteiger charge is -2.18. The van der Waals surface area contributed by atoms with Gasteiger partial charge in [0.15, 0.2) is 49.6 Å². The van der Waals surface area contributed by atoms with Crippen molar-refractivity contribution in [1.82, 2.24) is 0 Å². The van der Waals surface area contributed by atoms with Crippen LogP contribution in [0.5, 0.6) is 0 Å².